The van der Waals surface area contributed by atoms with Crippen LogP contribution in [0.4, 0.5) is 5.69 Å². The van der Waals surface area contributed by atoms with E-state index in [1.54, 1.807) is 23.2 Å². The molecule has 1 aliphatic heterocycles. The molecule has 0 atom stereocenters. The topological polar surface area (TPSA) is 79.6 Å². The molecule has 0 bridgehead atoms. The first-order valence-electron chi connectivity index (χ1n) is 12.4. The maximum absolute atomic E-state index is 13.1. The Morgan fingerprint density at radius 3 is 2.42 bits per heavy atom. The van der Waals surface area contributed by atoms with Crippen LogP contribution in [0.15, 0.2) is 96.1 Å². The zero-order valence-corrected chi connectivity index (χ0v) is 21.1. The molecule has 0 fully saturated rings. The van der Waals surface area contributed by atoms with E-state index in [1.165, 1.54) is 0 Å². The molecule has 0 saturated heterocycles. The smallest absolute Gasteiger partial charge is 0.271 e. The van der Waals surface area contributed by atoms with Crippen LogP contribution >= 0.6 is 0 Å². The summed E-state index contributed by atoms with van der Waals surface area (Å²) in [7, 11) is 0. The predicted octanol–water partition coefficient (Wildman–Crippen LogP) is 5.57. The van der Waals surface area contributed by atoms with Gasteiger partial charge in [-0.25, -0.2) is 10.1 Å². The molecule has 6 rings (SSSR count). The number of carbonyl (C=O) groups excluding carboxylic acids is 2. The standard InChI is InChI=1S/C31H25N5O2/c1-20-27(21(2)36(34-20)25-10-4-3-5-11-25)18-32-33-30(37)24-16-14-22(15-17-24)19-35-28-13-7-9-23-8-6-12-26(29(23)28)31(35)38/h3-18H,19H2,1-2H3,(H,33,37)/b32-18+. The van der Waals surface area contributed by atoms with E-state index in [4.69, 9.17) is 0 Å². The van der Waals surface area contributed by atoms with E-state index in [1.807, 2.05) is 97.4 Å². The largest absolute Gasteiger partial charge is 0.303 e. The molecule has 4 aromatic carbocycles. The number of nitrogens with one attached hydrogen (secondary N) is 1. The van der Waals surface area contributed by atoms with Gasteiger partial charge in [0, 0.05) is 22.1 Å². The third-order valence-corrected chi connectivity index (χ3v) is 6.91. The second kappa shape index (κ2) is 9.44. The molecular formula is C31H25N5O2. The minimum atomic E-state index is -0.312. The third kappa shape index (κ3) is 4.04. The lowest BCUT2D eigenvalue weighted by atomic mass is 10.1. The summed E-state index contributed by atoms with van der Waals surface area (Å²) >= 11 is 0. The number of para-hydroxylation sites is 1. The zero-order chi connectivity index (χ0) is 26.2. The van der Waals surface area contributed by atoms with Gasteiger partial charge in [0.2, 0.25) is 0 Å². The lowest BCUT2D eigenvalue weighted by Crippen LogP contribution is -2.26. The SMILES string of the molecule is Cc1nn(-c2ccccc2)c(C)c1/C=N/NC(=O)c1ccc(CN2C(=O)c3cccc4cccc2c34)cc1. The van der Waals surface area contributed by atoms with E-state index >= 15 is 0 Å². The number of rotatable bonds is 6. The second-order valence-corrected chi connectivity index (χ2v) is 9.30. The molecule has 2 heterocycles. The van der Waals surface area contributed by atoms with Gasteiger partial charge in [-0.1, -0.05) is 54.6 Å². The van der Waals surface area contributed by atoms with Gasteiger partial charge in [0.25, 0.3) is 11.8 Å². The summed E-state index contributed by atoms with van der Waals surface area (Å²) in [6, 6.07) is 28.9. The molecule has 1 aliphatic rings. The van der Waals surface area contributed by atoms with Crippen molar-refractivity contribution in [1.29, 1.82) is 0 Å². The summed E-state index contributed by atoms with van der Waals surface area (Å²) in [5.74, 6) is -0.317. The fourth-order valence-electron chi connectivity index (χ4n) is 4.96. The van der Waals surface area contributed by atoms with Gasteiger partial charge in [-0.3, -0.25) is 9.59 Å². The molecule has 1 N–H and O–H groups in total. The van der Waals surface area contributed by atoms with Crippen molar-refractivity contribution in [2.45, 2.75) is 20.4 Å². The Hall–Kier alpha value is -5.04. The van der Waals surface area contributed by atoms with E-state index in [0.29, 0.717) is 12.1 Å². The van der Waals surface area contributed by atoms with Crippen LogP contribution in [0.3, 0.4) is 0 Å². The first-order valence-corrected chi connectivity index (χ1v) is 12.4. The summed E-state index contributed by atoms with van der Waals surface area (Å²) in [5, 5.41) is 10.8. The highest BCUT2D eigenvalue weighted by molar-refractivity contribution is 6.24. The van der Waals surface area contributed by atoms with Crippen molar-refractivity contribution in [3.05, 3.63) is 125 Å². The molecular weight excluding hydrogens is 474 g/mol. The summed E-state index contributed by atoms with van der Waals surface area (Å²) in [6.07, 6.45) is 1.63. The van der Waals surface area contributed by atoms with Gasteiger partial charge in [-0.15, -0.1) is 0 Å². The third-order valence-electron chi connectivity index (χ3n) is 6.91. The van der Waals surface area contributed by atoms with E-state index in [2.05, 4.69) is 15.6 Å². The number of carbonyl (C=O) groups is 2. The van der Waals surface area contributed by atoms with Crippen molar-refractivity contribution >= 4 is 34.5 Å². The van der Waals surface area contributed by atoms with Crippen LogP contribution in [0, 0.1) is 13.8 Å². The maximum Gasteiger partial charge on any atom is 0.271 e. The number of anilines is 1. The van der Waals surface area contributed by atoms with Crippen molar-refractivity contribution in [3.8, 4) is 5.69 Å². The van der Waals surface area contributed by atoms with Gasteiger partial charge in [0.15, 0.2) is 0 Å². The van der Waals surface area contributed by atoms with Gasteiger partial charge >= 0.3 is 0 Å². The molecule has 0 saturated carbocycles. The summed E-state index contributed by atoms with van der Waals surface area (Å²) in [5.41, 5.74) is 9.25. The maximum atomic E-state index is 13.1. The van der Waals surface area contributed by atoms with Crippen LogP contribution < -0.4 is 10.3 Å². The van der Waals surface area contributed by atoms with E-state index in [0.717, 1.165) is 50.2 Å². The Bertz CT molecular complexity index is 1710. The van der Waals surface area contributed by atoms with Crippen molar-refractivity contribution < 1.29 is 9.59 Å². The zero-order valence-electron chi connectivity index (χ0n) is 21.1. The number of hydrogen-bond acceptors (Lipinski definition) is 4. The Labute approximate surface area is 220 Å². The molecule has 186 valence electrons. The molecule has 38 heavy (non-hydrogen) atoms. The van der Waals surface area contributed by atoms with Crippen LogP contribution in [0.2, 0.25) is 0 Å². The molecule has 2 amide bonds. The van der Waals surface area contributed by atoms with E-state index < -0.39 is 0 Å². The minimum Gasteiger partial charge on any atom is -0.303 e. The average Bonchev–Trinajstić information content (AvgIpc) is 3.39. The number of hydrogen-bond donors (Lipinski definition) is 1. The highest BCUT2D eigenvalue weighted by Crippen LogP contribution is 2.38. The number of nitrogens with zero attached hydrogens (tertiary/aromatic N) is 4. The Kier molecular flexibility index (Phi) is 5.81. The normalized spacial score (nSPS) is 12.6. The van der Waals surface area contributed by atoms with Crippen molar-refractivity contribution in [1.82, 2.24) is 15.2 Å². The summed E-state index contributed by atoms with van der Waals surface area (Å²) < 4.78 is 1.86. The Morgan fingerprint density at radius 1 is 0.921 bits per heavy atom. The number of aryl methyl sites for hydroxylation is 1. The molecule has 1 aromatic heterocycles. The van der Waals surface area contributed by atoms with Crippen LogP contribution in [-0.2, 0) is 6.54 Å². The Balaban J connectivity index is 1.13. The molecule has 5 aromatic rings. The first-order chi connectivity index (χ1) is 18.5. The van der Waals surface area contributed by atoms with Crippen molar-refractivity contribution in [2.75, 3.05) is 4.90 Å². The molecule has 7 heteroatoms. The number of benzene rings is 4. The highest BCUT2D eigenvalue weighted by Gasteiger charge is 2.29. The quantitative estimate of drug-likeness (QED) is 0.245. The lowest BCUT2D eigenvalue weighted by molar-refractivity contribution is 0.0953. The van der Waals surface area contributed by atoms with Gasteiger partial charge < -0.3 is 4.90 Å². The molecule has 7 nitrogen and oxygen atoms in total. The summed E-state index contributed by atoms with van der Waals surface area (Å²) in [4.78, 5) is 27.6. The van der Waals surface area contributed by atoms with Gasteiger partial charge in [-0.2, -0.15) is 10.2 Å². The predicted molar refractivity (Wildman–Crippen MR) is 149 cm³/mol. The number of hydrazone groups is 1. The minimum absolute atomic E-state index is 0.00543. The average molecular weight is 500 g/mol. The van der Waals surface area contributed by atoms with Crippen molar-refractivity contribution in [3.63, 3.8) is 0 Å². The molecule has 0 unspecified atom stereocenters. The molecule has 0 aliphatic carbocycles. The van der Waals surface area contributed by atoms with E-state index in [-0.39, 0.29) is 11.8 Å². The van der Waals surface area contributed by atoms with Crippen LogP contribution in [0.5, 0.6) is 0 Å². The Morgan fingerprint density at radius 2 is 1.66 bits per heavy atom. The van der Waals surface area contributed by atoms with E-state index in [9.17, 15) is 9.59 Å². The summed E-state index contributed by atoms with van der Waals surface area (Å²) in [6.45, 7) is 4.31. The number of aromatic nitrogens is 2. The van der Waals surface area contributed by atoms with Gasteiger partial charge in [0.05, 0.1) is 35.5 Å². The first kappa shape index (κ1) is 23.4. The van der Waals surface area contributed by atoms with Crippen molar-refractivity contribution in [2.24, 2.45) is 5.10 Å². The van der Waals surface area contributed by atoms with Gasteiger partial charge in [0.1, 0.15) is 0 Å². The lowest BCUT2D eigenvalue weighted by Gasteiger charge is -2.18. The number of amides is 2. The van der Waals surface area contributed by atoms with Gasteiger partial charge in [-0.05, 0) is 61.2 Å². The van der Waals surface area contributed by atoms with Crippen LogP contribution in [0.25, 0.3) is 16.5 Å². The molecule has 0 radical (unpaired) electrons. The second-order valence-electron chi connectivity index (χ2n) is 9.30. The monoisotopic (exact) mass is 499 g/mol. The fraction of sp³-hybridized carbons (Fsp3) is 0.0968. The van der Waals surface area contributed by atoms with Crippen LogP contribution in [-0.4, -0.2) is 27.8 Å². The molecule has 0 spiro atoms. The highest BCUT2D eigenvalue weighted by atomic mass is 16.2. The van der Waals surface area contributed by atoms with Crippen LogP contribution in [0.1, 0.15) is 43.2 Å². The fourth-order valence-corrected chi connectivity index (χ4v) is 4.96.